The van der Waals surface area contributed by atoms with Crippen LogP contribution in [0.4, 0.5) is 5.13 Å². The van der Waals surface area contributed by atoms with Crippen molar-refractivity contribution in [2.75, 3.05) is 12.4 Å². The first-order chi connectivity index (χ1) is 10.6. The van der Waals surface area contributed by atoms with E-state index in [0.29, 0.717) is 12.1 Å². The van der Waals surface area contributed by atoms with Crippen molar-refractivity contribution in [2.45, 2.75) is 13.5 Å². The highest BCUT2D eigenvalue weighted by Crippen LogP contribution is 2.28. The summed E-state index contributed by atoms with van der Waals surface area (Å²) in [6.45, 7) is 2.63. The highest BCUT2D eigenvalue weighted by molar-refractivity contribution is 7.22. The molecule has 0 unspecified atom stereocenters. The molecular formula is C15H16N4O2S. The average molecular weight is 316 g/mol. The van der Waals surface area contributed by atoms with Crippen LogP contribution in [0.1, 0.15) is 21.6 Å². The Balaban J connectivity index is 1.71. The third-order valence-corrected chi connectivity index (χ3v) is 4.47. The molecule has 0 fully saturated rings. The standard InChI is InChI=1S/C15H16N4O2S/c1-9-12-13(19(2)18-9)17-15(22-12)16-8-10-4-6-11(7-5-10)14(20)21-3/h4-7H,8H2,1-3H3,(H,16,17). The molecule has 1 N–H and O–H groups in total. The maximum atomic E-state index is 11.4. The smallest absolute Gasteiger partial charge is 0.337 e. The molecule has 0 amide bonds. The maximum Gasteiger partial charge on any atom is 0.337 e. The van der Waals surface area contributed by atoms with Gasteiger partial charge < -0.3 is 10.1 Å². The second-order valence-electron chi connectivity index (χ2n) is 4.92. The summed E-state index contributed by atoms with van der Waals surface area (Å²) in [7, 11) is 3.27. The van der Waals surface area contributed by atoms with Crippen LogP contribution in [-0.2, 0) is 18.3 Å². The van der Waals surface area contributed by atoms with Crippen molar-refractivity contribution >= 4 is 32.8 Å². The molecule has 6 nitrogen and oxygen atoms in total. The molecule has 2 heterocycles. The van der Waals surface area contributed by atoms with Crippen molar-refractivity contribution in [3.63, 3.8) is 0 Å². The van der Waals surface area contributed by atoms with Gasteiger partial charge in [0, 0.05) is 13.6 Å². The van der Waals surface area contributed by atoms with Gasteiger partial charge in [-0.25, -0.2) is 14.5 Å². The van der Waals surface area contributed by atoms with Gasteiger partial charge in [-0.05, 0) is 24.6 Å². The van der Waals surface area contributed by atoms with Crippen molar-refractivity contribution in [1.29, 1.82) is 0 Å². The first-order valence-electron chi connectivity index (χ1n) is 6.79. The Bertz CT molecular complexity index is 786. The third kappa shape index (κ3) is 2.67. The zero-order valence-corrected chi connectivity index (χ0v) is 13.4. The fraction of sp³-hybridized carbons (Fsp3) is 0.267. The molecule has 114 valence electrons. The van der Waals surface area contributed by atoms with E-state index in [-0.39, 0.29) is 5.97 Å². The molecule has 0 aliphatic carbocycles. The lowest BCUT2D eigenvalue weighted by Crippen LogP contribution is -2.03. The van der Waals surface area contributed by atoms with Crippen LogP contribution < -0.4 is 5.32 Å². The summed E-state index contributed by atoms with van der Waals surface area (Å²) in [5.74, 6) is -0.325. The van der Waals surface area contributed by atoms with Crippen molar-refractivity contribution in [3.8, 4) is 0 Å². The summed E-state index contributed by atoms with van der Waals surface area (Å²) in [5.41, 5.74) is 3.51. The number of benzene rings is 1. The molecule has 22 heavy (non-hydrogen) atoms. The van der Waals surface area contributed by atoms with Gasteiger partial charge >= 0.3 is 5.97 Å². The van der Waals surface area contributed by atoms with E-state index in [4.69, 9.17) is 0 Å². The molecule has 0 aliphatic rings. The van der Waals surface area contributed by atoms with Crippen molar-refractivity contribution in [2.24, 2.45) is 7.05 Å². The average Bonchev–Trinajstić information content (AvgIpc) is 3.07. The summed E-state index contributed by atoms with van der Waals surface area (Å²) < 4.78 is 7.57. The lowest BCUT2D eigenvalue weighted by molar-refractivity contribution is 0.0600. The minimum atomic E-state index is -0.325. The number of fused-ring (bicyclic) bond motifs is 1. The van der Waals surface area contributed by atoms with Gasteiger partial charge in [0.25, 0.3) is 0 Å². The molecule has 0 saturated carbocycles. The molecule has 0 bridgehead atoms. The van der Waals surface area contributed by atoms with Crippen LogP contribution in [0.5, 0.6) is 0 Å². The zero-order valence-electron chi connectivity index (χ0n) is 12.6. The second-order valence-corrected chi connectivity index (χ2v) is 5.92. The van der Waals surface area contributed by atoms with Crippen molar-refractivity contribution in [1.82, 2.24) is 14.8 Å². The van der Waals surface area contributed by atoms with Gasteiger partial charge in [-0.15, -0.1) is 0 Å². The van der Waals surface area contributed by atoms with Crippen LogP contribution in [0.15, 0.2) is 24.3 Å². The van der Waals surface area contributed by atoms with E-state index in [0.717, 1.165) is 26.7 Å². The predicted octanol–water partition coefficient (Wildman–Crippen LogP) is 2.74. The summed E-state index contributed by atoms with van der Waals surface area (Å²) in [6.07, 6.45) is 0. The molecule has 3 aromatic rings. The molecule has 1 aromatic carbocycles. The summed E-state index contributed by atoms with van der Waals surface area (Å²) >= 11 is 1.60. The first kappa shape index (κ1) is 14.5. The van der Waals surface area contributed by atoms with Gasteiger partial charge in [-0.1, -0.05) is 23.5 Å². The van der Waals surface area contributed by atoms with E-state index in [1.165, 1.54) is 7.11 Å². The van der Waals surface area contributed by atoms with Gasteiger partial charge in [-0.2, -0.15) is 5.10 Å². The normalized spacial score (nSPS) is 10.9. The van der Waals surface area contributed by atoms with Crippen LogP contribution in [0.3, 0.4) is 0 Å². The predicted molar refractivity (Wildman–Crippen MR) is 86.2 cm³/mol. The zero-order chi connectivity index (χ0) is 15.7. The van der Waals surface area contributed by atoms with E-state index >= 15 is 0 Å². The SMILES string of the molecule is COC(=O)c1ccc(CNc2nc3c(s2)c(C)nn3C)cc1. The molecule has 7 heteroatoms. The Morgan fingerprint density at radius 3 is 2.73 bits per heavy atom. The van der Waals surface area contributed by atoms with Gasteiger partial charge in [-0.3, -0.25) is 0 Å². The van der Waals surface area contributed by atoms with Crippen LogP contribution in [0.2, 0.25) is 0 Å². The number of anilines is 1. The van der Waals surface area contributed by atoms with E-state index in [2.05, 4.69) is 20.1 Å². The number of ether oxygens (including phenoxy) is 1. The van der Waals surface area contributed by atoms with Gasteiger partial charge in [0.2, 0.25) is 0 Å². The minimum Gasteiger partial charge on any atom is -0.465 e. The largest absolute Gasteiger partial charge is 0.465 e. The first-order valence-corrected chi connectivity index (χ1v) is 7.61. The quantitative estimate of drug-likeness (QED) is 0.750. The maximum absolute atomic E-state index is 11.4. The van der Waals surface area contributed by atoms with E-state index in [1.54, 1.807) is 28.2 Å². The van der Waals surface area contributed by atoms with Crippen molar-refractivity contribution in [3.05, 3.63) is 41.1 Å². The van der Waals surface area contributed by atoms with Gasteiger partial charge in [0.15, 0.2) is 10.8 Å². The number of thiazole rings is 1. The molecule has 0 atom stereocenters. The monoisotopic (exact) mass is 316 g/mol. The lowest BCUT2D eigenvalue weighted by atomic mass is 10.1. The topological polar surface area (TPSA) is 69.0 Å². The number of nitrogens with one attached hydrogen (secondary N) is 1. The van der Waals surface area contributed by atoms with E-state index < -0.39 is 0 Å². The van der Waals surface area contributed by atoms with Crippen molar-refractivity contribution < 1.29 is 9.53 Å². The fourth-order valence-electron chi connectivity index (χ4n) is 2.21. The van der Waals surface area contributed by atoms with Crippen LogP contribution in [0.25, 0.3) is 10.3 Å². The third-order valence-electron chi connectivity index (χ3n) is 3.36. The Labute approximate surface area is 131 Å². The number of aromatic nitrogens is 3. The highest BCUT2D eigenvalue weighted by atomic mass is 32.1. The van der Waals surface area contributed by atoms with Gasteiger partial charge in [0.05, 0.1) is 23.1 Å². The lowest BCUT2D eigenvalue weighted by Gasteiger charge is -2.04. The van der Waals surface area contributed by atoms with Gasteiger partial charge in [0.1, 0.15) is 0 Å². The summed E-state index contributed by atoms with van der Waals surface area (Å²) in [4.78, 5) is 15.9. The summed E-state index contributed by atoms with van der Waals surface area (Å²) in [5, 5.41) is 8.50. The molecule has 3 rings (SSSR count). The summed E-state index contributed by atoms with van der Waals surface area (Å²) in [6, 6.07) is 7.32. The Morgan fingerprint density at radius 2 is 2.09 bits per heavy atom. The molecule has 0 aliphatic heterocycles. The van der Waals surface area contributed by atoms with Crippen LogP contribution >= 0.6 is 11.3 Å². The number of carbonyl (C=O) groups is 1. The highest BCUT2D eigenvalue weighted by Gasteiger charge is 2.11. The Hall–Kier alpha value is -2.41. The number of rotatable bonds is 4. The van der Waals surface area contributed by atoms with Crippen LogP contribution in [0, 0.1) is 6.92 Å². The molecule has 0 saturated heterocycles. The van der Waals surface area contributed by atoms with E-state index in [1.807, 2.05) is 26.1 Å². The number of esters is 1. The molecule has 0 spiro atoms. The number of hydrogen-bond acceptors (Lipinski definition) is 6. The number of nitrogens with zero attached hydrogens (tertiary/aromatic N) is 3. The number of aryl methyl sites for hydroxylation is 2. The Morgan fingerprint density at radius 1 is 1.36 bits per heavy atom. The van der Waals surface area contributed by atoms with E-state index in [9.17, 15) is 4.79 Å². The minimum absolute atomic E-state index is 0.325. The molecule has 0 radical (unpaired) electrons. The number of hydrogen-bond donors (Lipinski definition) is 1. The Kier molecular flexibility index (Phi) is 3.81. The van der Waals surface area contributed by atoms with Crippen LogP contribution in [-0.4, -0.2) is 27.8 Å². The number of methoxy groups -OCH3 is 1. The second kappa shape index (κ2) is 5.76. The molecule has 2 aromatic heterocycles. The fourth-order valence-corrected chi connectivity index (χ4v) is 3.14. The number of carbonyl (C=O) groups excluding carboxylic acids is 1. The molecular weight excluding hydrogens is 300 g/mol.